The van der Waals surface area contributed by atoms with Crippen molar-refractivity contribution in [1.29, 1.82) is 0 Å². The number of halogens is 3. The molecule has 4 rings (SSSR count). The van der Waals surface area contributed by atoms with Crippen LogP contribution < -0.4 is 10.6 Å². The van der Waals surface area contributed by atoms with Gasteiger partial charge in [-0.15, -0.1) is 0 Å². The maximum Gasteiger partial charge on any atom is 0.416 e. The summed E-state index contributed by atoms with van der Waals surface area (Å²) in [4.78, 5) is 41.1. The zero-order valence-corrected chi connectivity index (χ0v) is 22.1. The van der Waals surface area contributed by atoms with Gasteiger partial charge in [-0.25, -0.2) is 4.79 Å². The highest BCUT2D eigenvalue weighted by Crippen LogP contribution is 2.34. The lowest BCUT2D eigenvalue weighted by atomic mass is 9.99. The standard InChI is InChI=1S/C29H28F3N3O6/c1-17-11-20(13-22(33-17)16-41-27-7-2-3-10-40-27)18-5-4-6-19(12-18)25(36)15-26(37)34-24-14-21(29(30,31)32)8-9-23(24)35-28(38)39/h4-6,8-9,11-14,27,35H,2-3,7,10,15-16H2,1H3,(H,34,37)(H,38,39). The highest BCUT2D eigenvalue weighted by Gasteiger charge is 2.31. The fourth-order valence-electron chi connectivity index (χ4n) is 4.36. The number of ether oxygens (including phenoxy) is 2. The largest absolute Gasteiger partial charge is 0.465 e. The first-order valence-electron chi connectivity index (χ1n) is 12.8. The summed E-state index contributed by atoms with van der Waals surface area (Å²) >= 11 is 0. The summed E-state index contributed by atoms with van der Waals surface area (Å²) < 4.78 is 50.9. The molecule has 1 aromatic heterocycles. The minimum atomic E-state index is -4.72. The molecule has 1 aliphatic heterocycles. The van der Waals surface area contributed by atoms with Crippen LogP contribution >= 0.6 is 0 Å². The quantitative estimate of drug-likeness (QED) is 0.200. The lowest BCUT2D eigenvalue weighted by molar-refractivity contribution is -0.169. The summed E-state index contributed by atoms with van der Waals surface area (Å²) in [6.07, 6.45) is -4.33. The van der Waals surface area contributed by atoms with E-state index in [1.807, 2.05) is 24.4 Å². The Hall–Kier alpha value is -4.29. The molecule has 1 atom stereocenters. The number of nitrogens with zero attached hydrogens (tertiary/aromatic N) is 1. The van der Waals surface area contributed by atoms with E-state index in [0.717, 1.165) is 36.6 Å². The first kappa shape index (κ1) is 29.7. The zero-order chi connectivity index (χ0) is 29.6. The number of aromatic nitrogens is 1. The molecule has 12 heteroatoms. The van der Waals surface area contributed by atoms with Crippen molar-refractivity contribution in [3.8, 4) is 11.1 Å². The molecule has 0 radical (unpaired) electrons. The summed E-state index contributed by atoms with van der Waals surface area (Å²) in [5.74, 6) is -1.48. The van der Waals surface area contributed by atoms with Gasteiger partial charge in [0.05, 0.1) is 35.7 Å². The molecule has 0 spiro atoms. The Morgan fingerprint density at radius 3 is 2.54 bits per heavy atom. The number of amides is 2. The van der Waals surface area contributed by atoms with Crippen LogP contribution in [0.5, 0.6) is 0 Å². The Morgan fingerprint density at radius 1 is 1.02 bits per heavy atom. The molecular formula is C29H28F3N3O6. The molecule has 1 unspecified atom stereocenters. The number of alkyl halides is 3. The maximum absolute atomic E-state index is 13.2. The van der Waals surface area contributed by atoms with Crippen LogP contribution in [0.2, 0.25) is 0 Å². The number of anilines is 2. The monoisotopic (exact) mass is 571 g/mol. The van der Waals surface area contributed by atoms with Crippen molar-refractivity contribution in [3.05, 3.63) is 77.1 Å². The minimum Gasteiger partial charge on any atom is -0.465 e. The number of carboxylic acid groups (broad SMARTS) is 1. The van der Waals surface area contributed by atoms with Crippen LogP contribution in [0.3, 0.4) is 0 Å². The van der Waals surface area contributed by atoms with E-state index < -0.39 is 41.6 Å². The van der Waals surface area contributed by atoms with E-state index >= 15 is 0 Å². The normalized spacial score (nSPS) is 15.3. The molecule has 0 aliphatic carbocycles. The molecule has 0 saturated carbocycles. The number of hydrogen-bond acceptors (Lipinski definition) is 6. The van der Waals surface area contributed by atoms with Crippen LogP contribution in [0.15, 0.2) is 54.6 Å². The number of pyridine rings is 1. The molecule has 3 N–H and O–H groups in total. The highest BCUT2D eigenvalue weighted by atomic mass is 19.4. The van der Waals surface area contributed by atoms with Crippen molar-refractivity contribution < 1.29 is 42.1 Å². The SMILES string of the molecule is Cc1cc(-c2cccc(C(=O)CC(=O)Nc3cc(C(F)(F)F)ccc3NC(=O)O)c2)cc(COC2CCCCO2)n1. The third kappa shape index (κ3) is 8.35. The van der Waals surface area contributed by atoms with E-state index in [1.54, 1.807) is 18.2 Å². The fourth-order valence-corrected chi connectivity index (χ4v) is 4.36. The third-order valence-electron chi connectivity index (χ3n) is 6.26. The number of hydrogen-bond donors (Lipinski definition) is 3. The van der Waals surface area contributed by atoms with Gasteiger partial charge in [-0.2, -0.15) is 13.2 Å². The number of carbonyl (C=O) groups excluding carboxylic acids is 2. The second kappa shape index (κ2) is 12.9. The van der Waals surface area contributed by atoms with Crippen molar-refractivity contribution in [3.63, 3.8) is 0 Å². The second-order valence-corrected chi connectivity index (χ2v) is 9.51. The highest BCUT2D eigenvalue weighted by molar-refractivity contribution is 6.12. The van der Waals surface area contributed by atoms with E-state index in [9.17, 15) is 27.6 Å². The van der Waals surface area contributed by atoms with Crippen molar-refractivity contribution in [2.75, 3.05) is 17.2 Å². The lowest BCUT2D eigenvalue weighted by Crippen LogP contribution is -2.22. The van der Waals surface area contributed by atoms with Gasteiger partial charge in [-0.05, 0) is 73.7 Å². The van der Waals surface area contributed by atoms with Gasteiger partial charge in [0.2, 0.25) is 5.91 Å². The summed E-state index contributed by atoms with van der Waals surface area (Å²) in [6, 6.07) is 12.5. The first-order chi connectivity index (χ1) is 19.5. The van der Waals surface area contributed by atoms with E-state index in [4.69, 9.17) is 14.6 Å². The van der Waals surface area contributed by atoms with Crippen LogP contribution in [0.25, 0.3) is 11.1 Å². The van der Waals surface area contributed by atoms with Gasteiger partial charge >= 0.3 is 12.3 Å². The Labute approximate surface area is 233 Å². The Kier molecular flexibility index (Phi) is 9.35. The number of benzene rings is 2. The molecule has 2 heterocycles. The number of Topliss-reactive ketones (excluding diaryl/α,β-unsaturated/α-hetero) is 1. The number of aryl methyl sites for hydroxylation is 1. The fraction of sp³-hybridized carbons (Fsp3) is 0.310. The Morgan fingerprint density at radius 2 is 1.83 bits per heavy atom. The minimum absolute atomic E-state index is 0.216. The predicted molar refractivity (Wildman–Crippen MR) is 143 cm³/mol. The molecule has 3 aromatic rings. The zero-order valence-electron chi connectivity index (χ0n) is 22.1. The van der Waals surface area contributed by atoms with Crippen LogP contribution in [0.4, 0.5) is 29.3 Å². The first-order valence-corrected chi connectivity index (χ1v) is 12.8. The van der Waals surface area contributed by atoms with Crippen molar-refractivity contribution >= 4 is 29.2 Å². The molecular weight excluding hydrogens is 543 g/mol. The number of carbonyl (C=O) groups is 3. The summed E-state index contributed by atoms with van der Waals surface area (Å²) in [5, 5.41) is 13.1. The maximum atomic E-state index is 13.2. The van der Waals surface area contributed by atoms with Crippen LogP contribution in [-0.4, -0.2) is 40.8 Å². The van der Waals surface area contributed by atoms with Crippen molar-refractivity contribution in [2.24, 2.45) is 0 Å². The summed E-state index contributed by atoms with van der Waals surface area (Å²) in [5.41, 5.74) is 1.35. The Balaban J connectivity index is 1.47. The van der Waals surface area contributed by atoms with Gasteiger partial charge in [-0.3, -0.25) is 19.9 Å². The molecule has 0 bridgehead atoms. The summed E-state index contributed by atoms with van der Waals surface area (Å²) in [7, 11) is 0. The van der Waals surface area contributed by atoms with E-state index in [0.29, 0.717) is 30.0 Å². The molecule has 9 nitrogen and oxygen atoms in total. The van der Waals surface area contributed by atoms with Gasteiger partial charge in [0, 0.05) is 17.9 Å². The number of nitrogens with one attached hydrogen (secondary N) is 2. The Bertz CT molecular complexity index is 1440. The van der Waals surface area contributed by atoms with E-state index in [-0.39, 0.29) is 24.1 Å². The molecule has 2 aromatic carbocycles. The molecule has 1 saturated heterocycles. The molecule has 1 aliphatic rings. The lowest BCUT2D eigenvalue weighted by Gasteiger charge is -2.22. The number of rotatable bonds is 9. The van der Waals surface area contributed by atoms with Crippen molar-refractivity contribution in [1.82, 2.24) is 4.98 Å². The van der Waals surface area contributed by atoms with Crippen LogP contribution in [0.1, 0.15) is 53.0 Å². The average molecular weight is 572 g/mol. The van der Waals surface area contributed by atoms with E-state index in [1.165, 1.54) is 6.07 Å². The van der Waals surface area contributed by atoms with Gasteiger partial charge in [0.15, 0.2) is 12.1 Å². The van der Waals surface area contributed by atoms with Crippen LogP contribution in [0, 0.1) is 6.92 Å². The average Bonchev–Trinajstić information content (AvgIpc) is 2.92. The topological polar surface area (TPSA) is 127 Å². The van der Waals surface area contributed by atoms with Crippen LogP contribution in [-0.2, 0) is 27.1 Å². The molecule has 41 heavy (non-hydrogen) atoms. The molecule has 1 fully saturated rings. The summed E-state index contributed by atoms with van der Waals surface area (Å²) in [6.45, 7) is 2.76. The second-order valence-electron chi connectivity index (χ2n) is 9.51. The van der Waals surface area contributed by atoms with Crippen molar-refractivity contribution in [2.45, 2.75) is 51.7 Å². The van der Waals surface area contributed by atoms with Gasteiger partial charge in [0.1, 0.15) is 0 Å². The van der Waals surface area contributed by atoms with E-state index in [2.05, 4.69) is 10.3 Å². The molecule has 216 valence electrons. The predicted octanol–water partition coefficient (Wildman–Crippen LogP) is 6.42. The van der Waals surface area contributed by atoms with Gasteiger partial charge in [-0.1, -0.05) is 18.2 Å². The molecule has 2 amide bonds. The van der Waals surface area contributed by atoms with Gasteiger partial charge in [0.25, 0.3) is 0 Å². The third-order valence-corrected chi connectivity index (χ3v) is 6.26. The number of ketones is 1. The smallest absolute Gasteiger partial charge is 0.416 e. The van der Waals surface area contributed by atoms with Gasteiger partial charge < -0.3 is 19.9 Å².